The molecule has 0 aromatic heterocycles. The smallest absolute Gasteiger partial charge is 0.303 e. The summed E-state index contributed by atoms with van der Waals surface area (Å²) >= 11 is 0. The number of anilines is 1. The molecule has 2 aromatic rings. The van der Waals surface area contributed by atoms with E-state index >= 15 is 0 Å². The number of unbranched alkanes of at least 4 members (excludes halogenated alkanes) is 3. The Morgan fingerprint density at radius 1 is 1.03 bits per heavy atom. The molecule has 1 N–H and O–H groups in total. The topological polar surface area (TPSA) is 83.9 Å². The third kappa shape index (κ3) is 5.02. The van der Waals surface area contributed by atoms with Gasteiger partial charge in [0.15, 0.2) is 5.78 Å². The Bertz CT molecular complexity index is 904. The fourth-order valence-electron chi connectivity index (χ4n) is 3.44. The number of fused-ring (bicyclic) bond motifs is 1. The summed E-state index contributed by atoms with van der Waals surface area (Å²) in [6.07, 6.45) is 3.51. The van der Waals surface area contributed by atoms with E-state index in [0.717, 1.165) is 30.5 Å². The quantitative estimate of drug-likeness (QED) is 0.474. The Kier molecular flexibility index (Phi) is 6.65. The van der Waals surface area contributed by atoms with Crippen LogP contribution >= 0.6 is 0 Å². The van der Waals surface area contributed by atoms with Crippen LogP contribution in [0.3, 0.4) is 0 Å². The van der Waals surface area contributed by atoms with Gasteiger partial charge < -0.3 is 14.7 Å². The molecule has 0 saturated heterocycles. The van der Waals surface area contributed by atoms with Gasteiger partial charge in [-0.3, -0.25) is 14.4 Å². The molecule has 0 saturated carbocycles. The molecular formula is C23H25NO5. The first-order chi connectivity index (χ1) is 14.0. The molecular weight excluding hydrogens is 370 g/mol. The van der Waals surface area contributed by atoms with E-state index in [0.29, 0.717) is 36.4 Å². The van der Waals surface area contributed by atoms with Gasteiger partial charge in [0.1, 0.15) is 5.75 Å². The van der Waals surface area contributed by atoms with Crippen LogP contribution in [0.1, 0.15) is 65.3 Å². The number of aliphatic carboxylic acids is 1. The zero-order valence-electron chi connectivity index (χ0n) is 16.5. The molecule has 2 aromatic carbocycles. The molecule has 0 bridgehead atoms. The summed E-state index contributed by atoms with van der Waals surface area (Å²) in [6.45, 7) is 2.48. The maximum absolute atomic E-state index is 12.8. The van der Waals surface area contributed by atoms with E-state index in [1.807, 2.05) is 12.1 Å². The maximum atomic E-state index is 12.8. The summed E-state index contributed by atoms with van der Waals surface area (Å²) < 4.78 is 5.92. The highest BCUT2D eigenvalue weighted by Gasteiger charge is 2.31. The van der Waals surface area contributed by atoms with Crippen LogP contribution in [0.5, 0.6) is 5.75 Å². The number of carboxylic acids is 1. The van der Waals surface area contributed by atoms with E-state index in [1.165, 1.54) is 6.92 Å². The fourth-order valence-corrected chi connectivity index (χ4v) is 3.44. The number of carbonyl (C=O) groups excluding carboxylic acids is 2. The molecule has 0 radical (unpaired) electrons. The lowest BCUT2D eigenvalue weighted by atomic mass is 10.1. The maximum Gasteiger partial charge on any atom is 0.303 e. The molecule has 1 amide bonds. The minimum atomic E-state index is -0.758. The van der Waals surface area contributed by atoms with Gasteiger partial charge in [-0.25, -0.2) is 0 Å². The number of hydrogen-bond donors (Lipinski definition) is 1. The van der Waals surface area contributed by atoms with Gasteiger partial charge >= 0.3 is 5.97 Å². The van der Waals surface area contributed by atoms with Crippen molar-refractivity contribution in [3.05, 3.63) is 59.2 Å². The molecule has 1 heterocycles. The first-order valence-electron chi connectivity index (χ1n) is 9.86. The Labute approximate surface area is 170 Å². The average Bonchev–Trinajstić information content (AvgIpc) is 3.04. The summed E-state index contributed by atoms with van der Waals surface area (Å²) in [5, 5.41) is 8.65. The van der Waals surface area contributed by atoms with Crippen LogP contribution < -0.4 is 9.64 Å². The number of nitrogens with zero attached hydrogens (tertiary/aromatic N) is 1. The van der Waals surface area contributed by atoms with Crippen molar-refractivity contribution in [2.24, 2.45) is 0 Å². The Morgan fingerprint density at radius 3 is 2.45 bits per heavy atom. The summed E-state index contributed by atoms with van der Waals surface area (Å²) in [4.78, 5) is 36.5. The molecule has 3 rings (SSSR count). The number of amides is 1. The van der Waals surface area contributed by atoms with Gasteiger partial charge in [-0.1, -0.05) is 18.9 Å². The highest BCUT2D eigenvalue weighted by molar-refractivity contribution is 6.10. The number of rotatable bonds is 10. The molecule has 0 spiro atoms. The highest BCUT2D eigenvalue weighted by atomic mass is 16.5. The number of benzene rings is 2. The van der Waals surface area contributed by atoms with Crippen molar-refractivity contribution in [3.8, 4) is 5.75 Å². The van der Waals surface area contributed by atoms with Crippen molar-refractivity contribution in [2.75, 3.05) is 11.5 Å². The predicted molar refractivity (Wildman–Crippen MR) is 110 cm³/mol. The van der Waals surface area contributed by atoms with Crippen LogP contribution in [0.25, 0.3) is 0 Å². The van der Waals surface area contributed by atoms with Crippen LogP contribution in [0, 0.1) is 0 Å². The normalized spacial score (nSPS) is 12.7. The second-order valence-corrected chi connectivity index (χ2v) is 7.18. The average molecular weight is 395 g/mol. The summed E-state index contributed by atoms with van der Waals surface area (Å²) in [5.41, 5.74) is 2.88. The van der Waals surface area contributed by atoms with Crippen molar-refractivity contribution in [1.82, 2.24) is 0 Å². The number of carboxylic acid groups (broad SMARTS) is 1. The fraction of sp³-hybridized carbons (Fsp3) is 0.348. The van der Waals surface area contributed by atoms with Crippen molar-refractivity contribution in [3.63, 3.8) is 0 Å². The molecule has 0 unspecified atom stereocenters. The molecule has 152 valence electrons. The van der Waals surface area contributed by atoms with Crippen molar-refractivity contribution in [2.45, 2.75) is 45.6 Å². The van der Waals surface area contributed by atoms with Crippen LogP contribution in [-0.4, -0.2) is 29.4 Å². The van der Waals surface area contributed by atoms with Crippen LogP contribution in [0.2, 0.25) is 0 Å². The molecule has 0 atom stereocenters. The molecule has 1 aliphatic heterocycles. The summed E-state index contributed by atoms with van der Waals surface area (Å²) in [7, 11) is 0. The zero-order valence-corrected chi connectivity index (χ0v) is 16.5. The minimum absolute atomic E-state index is 0.00812. The largest absolute Gasteiger partial charge is 0.493 e. The standard InChI is InChI=1S/C23H25NO5/c1-16(25)17-10-12-18(13-11-17)24-15-20-19(23(24)28)7-6-8-21(20)29-14-5-3-2-4-9-22(26)27/h6-8,10-13H,2-5,9,14-15H2,1H3,(H,26,27). The first kappa shape index (κ1) is 20.6. The molecule has 0 aliphatic carbocycles. The van der Waals surface area contributed by atoms with E-state index in [4.69, 9.17) is 9.84 Å². The van der Waals surface area contributed by atoms with Gasteiger partial charge in [0, 0.05) is 28.8 Å². The van der Waals surface area contributed by atoms with Crippen molar-refractivity contribution >= 4 is 23.3 Å². The lowest BCUT2D eigenvalue weighted by Gasteiger charge is -2.16. The molecule has 29 heavy (non-hydrogen) atoms. The van der Waals surface area contributed by atoms with Gasteiger partial charge in [0.2, 0.25) is 0 Å². The summed E-state index contributed by atoms with van der Waals surface area (Å²) in [6, 6.07) is 12.5. The van der Waals surface area contributed by atoms with Gasteiger partial charge in [-0.05, 0) is 56.2 Å². The lowest BCUT2D eigenvalue weighted by molar-refractivity contribution is -0.137. The van der Waals surface area contributed by atoms with Crippen LogP contribution in [0.15, 0.2) is 42.5 Å². The second-order valence-electron chi connectivity index (χ2n) is 7.18. The van der Waals surface area contributed by atoms with E-state index < -0.39 is 5.97 Å². The Morgan fingerprint density at radius 2 is 1.76 bits per heavy atom. The van der Waals surface area contributed by atoms with E-state index in [2.05, 4.69) is 0 Å². The van der Waals surface area contributed by atoms with E-state index in [9.17, 15) is 14.4 Å². The second kappa shape index (κ2) is 9.37. The highest BCUT2D eigenvalue weighted by Crippen LogP contribution is 2.34. The predicted octanol–water partition coefficient (Wildman–Crippen LogP) is 4.46. The van der Waals surface area contributed by atoms with Gasteiger partial charge in [0.25, 0.3) is 5.91 Å². The first-order valence-corrected chi connectivity index (χ1v) is 9.86. The minimum Gasteiger partial charge on any atom is -0.493 e. The zero-order chi connectivity index (χ0) is 20.8. The van der Waals surface area contributed by atoms with E-state index in [-0.39, 0.29) is 18.1 Å². The van der Waals surface area contributed by atoms with Crippen LogP contribution in [0.4, 0.5) is 5.69 Å². The van der Waals surface area contributed by atoms with Gasteiger partial charge in [-0.2, -0.15) is 0 Å². The molecule has 0 fully saturated rings. The third-order valence-corrected chi connectivity index (χ3v) is 5.05. The van der Waals surface area contributed by atoms with Gasteiger partial charge in [-0.15, -0.1) is 0 Å². The number of Topliss-reactive ketones (excluding diaryl/α,β-unsaturated/α-hetero) is 1. The SMILES string of the molecule is CC(=O)c1ccc(N2Cc3c(OCCCCCCC(=O)O)cccc3C2=O)cc1. The monoisotopic (exact) mass is 395 g/mol. The summed E-state index contributed by atoms with van der Waals surface area (Å²) in [5.74, 6) is -0.128. The molecule has 6 heteroatoms. The number of ether oxygens (including phenoxy) is 1. The molecule has 6 nitrogen and oxygen atoms in total. The van der Waals surface area contributed by atoms with Crippen LogP contribution in [-0.2, 0) is 11.3 Å². The Hall–Kier alpha value is -3.15. The van der Waals surface area contributed by atoms with Gasteiger partial charge in [0.05, 0.1) is 13.2 Å². The number of ketones is 1. The number of hydrogen-bond acceptors (Lipinski definition) is 4. The van der Waals surface area contributed by atoms with E-state index in [1.54, 1.807) is 35.2 Å². The van der Waals surface area contributed by atoms with Crippen molar-refractivity contribution < 1.29 is 24.2 Å². The molecule has 1 aliphatic rings. The lowest BCUT2D eigenvalue weighted by Crippen LogP contribution is -2.22. The van der Waals surface area contributed by atoms with Crippen molar-refractivity contribution in [1.29, 1.82) is 0 Å². The number of carbonyl (C=O) groups is 3. The third-order valence-electron chi connectivity index (χ3n) is 5.05. The Balaban J connectivity index is 1.60.